The van der Waals surface area contributed by atoms with Crippen molar-refractivity contribution in [2.75, 3.05) is 0 Å². The first-order chi connectivity index (χ1) is 10.1. The number of rotatable bonds is 3. The zero-order valence-electron chi connectivity index (χ0n) is 12.1. The number of aromatic nitrogens is 2. The molecule has 0 unspecified atom stereocenters. The summed E-state index contributed by atoms with van der Waals surface area (Å²) in [6, 6.07) is 10.5. The van der Waals surface area contributed by atoms with Crippen LogP contribution in [-0.2, 0) is 6.54 Å². The molecule has 0 bridgehead atoms. The van der Waals surface area contributed by atoms with E-state index in [1.165, 1.54) is 6.07 Å². The van der Waals surface area contributed by atoms with Gasteiger partial charge < -0.3 is 9.67 Å². The molecule has 0 fully saturated rings. The minimum atomic E-state index is -0.337. The molecular weight excluding hydrogens is 267 g/mol. The Morgan fingerprint density at radius 2 is 1.95 bits per heavy atom. The summed E-state index contributed by atoms with van der Waals surface area (Å²) < 4.78 is 15.9. The van der Waals surface area contributed by atoms with Gasteiger partial charge in [-0.15, -0.1) is 0 Å². The fraction of sp³-hybridized carbons (Fsp3) is 0.235. The smallest absolute Gasteiger partial charge is 0.151 e. The van der Waals surface area contributed by atoms with E-state index in [-0.39, 0.29) is 11.6 Å². The Kier molecular flexibility index (Phi) is 3.37. The monoisotopic (exact) mass is 284 g/mol. The minimum absolute atomic E-state index is 0.200. The van der Waals surface area contributed by atoms with Gasteiger partial charge in [-0.2, -0.15) is 0 Å². The number of benzene rings is 2. The van der Waals surface area contributed by atoms with Gasteiger partial charge in [-0.1, -0.05) is 25.1 Å². The van der Waals surface area contributed by atoms with Crippen LogP contribution in [0.25, 0.3) is 22.4 Å². The molecule has 1 heterocycles. The third-order valence-corrected chi connectivity index (χ3v) is 3.66. The second kappa shape index (κ2) is 5.20. The van der Waals surface area contributed by atoms with Crippen molar-refractivity contribution < 1.29 is 9.50 Å². The van der Waals surface area contributed by atoms with Crippen LogP contribution in [0.15, 0.2) is 36.4 Å². The van der Waals surface area contributed by atoms with E-state index < -0.39 is 0 Å². The van der Waals surface area contributed by atoms with Gasteiger partial charge in [0, 0.05) is 6.54 Å². The molecule has 1 N–H and O–H groups in total. The molecule has 3 aromatic rings. The fourth-order valence-electron chi connectivity index (χ4n) is 2.61. The normalized spacial score (nSPS) is 11.2. The van der Waals surface area contributed by atoms with E-state index in [2.05, 4.69) is 11.9 Å². The first kappa shape index (κ1) is 13.6. The highest BCUT2D eigenvalue weighted by Gasteiger charge is 2.17. The van der Waals surface area contributed by atoms with E-state index in [0.717, 1.165) is 24.0 Å². The van der Waals surface area contributed by atoms with Crippen LogP contribution in [-0.4, -0.2) is 14.7 Å². The lowest BCUT2D eigenvalue weighted by Gasteiger charge is -2.10. The standard InChI is InChI=1S/C17H17FN2O/c1-3-10-20-14-9-5-8-13(18)15(14)19-17(20)12-7-4-6-11(2)16(12)21/h4-9,21H,3,10H2,1-2H3. The predicted molar refractivity (Wildman–Crippen MR) is 81.8 cm³/mol. The predicted octanol–water partition coefficient (Wildman–Crippen LogP) is 4.27. The number of fused-ring (bicyclic) bond motifs is 1. The van der Waals surface area contributed by atoms with Gasteiger partial charge >= 0.3 is 0 Å². The highest BCUT2D eigenvalue weighted by Crippen LogP contribution is 2.34. The van der Waals surface area contributed by atoms with Crippen LogP contribution >= 0.6 is 0 Å². The van der Waals surface area contributed by atoms with E-state index >= 15 is 0 Å². The van der Waals surface area contributed by atoms with E-state index in [1.807, 2.05) is 35.8 Å². The largest absolute Gasteiger partial charge is 0.507 e. The summed E-state index contributed by atoms with van der Waals surface area (Å²) >= 11 is 0. The molecular formula is C17H17FN2O. The molecule has 4 heteroatoms. The van der Waals surface area contributed by atoms with Crippen LogP contribution < -0.4 is 0 Å². The Hall–Kier alpha value is -2.36. The van der Waals surface area contributed by atoms with Crippen LogP contribution in [0.2, 0.25) is 0 Å². The van der Waals surface area contributed by atoms with Crippen LogP contribution in [0.4, 0.5) is 4.39 Å². The lowest BCUT2D eigenvalue weighted by atomic mass is 10.1. The summed E-state index contributed by atoms with van der Waals surface area (Å²) in [6.45, 7) is 4.62. The van der Waals surface area contributed by atoms with Gasteiger partial charge in [0.15, 0.2) is 5.82 Å². The number of hydrogen-bond donors (Lipinski definition) is 1. The van der Waals surface area contributed by atoms with Crippen LogP contribution in [0.5, 0.6) is 5.75 Å². The number of nitrogens with zero attached hydrogens (tertiary/aromatic N) is 2. The van der Waals surface area contributed by atoms with Crippen LogP contribution in [0, 0.1) is 12.7 Å². The molecule has 3 nitrogen and oxygen atoms in total. The molecule has 0 amide bonds. The molecule has 0 radical (unpaired) electrons. The summed E-state index contributed by atoms with van der Waals surface area (Å²) in [4.78, 5) is 4.43. The Bertz CT molecular complexity index is 808. The highest BCUT2D eigenvalue weighted by atomic mass is 19.1. The van der Waals surface area contributed by atoms with Gasteiger partial charge in [0.25, 0.3) is 0 Å². The molecule has 21 heavy (non-hydrogen) atoms. The molecule has 3 rings (SSSR count). The number of aromatic hydroxyl groups is 1. The zero-order chi connectivity index (χ0) is 15.0. The number of para-hydroxylation sites is 2. The number of halogens is 1. The Morgan fingerprint density at radius 1 is 1.19 bits per heavy atom. The van der Waals surface area contributed by atoms with Crippen molar-refractivity contribution in [3.8, 4) is 17.1 Å². The molecule has 0 saturated carbocycles. The molecule has 0 saturated heterocycles. The molecule has 0 spiro atoms. The molecule has 108 valence electrons. The van der Waals surface area contributed by atoms with Crippen molar-refractivity contribution in [1.82, 2.24) is 9.55 Å². The van der Waals surface area contributed by atoms with Crippen LogP contribution in [0.1, 0.15) is 18.9 Å². The molecule has 0 aliphatic heterocycles. The van der Waals surface area contributed by atoms with Gasteiger partial charge in [-0.25, -0.2) is 9.37 Å². The van der Waals surface area contributed by atoms with E-state index in [9.17, 15) is 9.50 Å². The third-order valence-electron chi connectivity index (χ3n) is 3.66. The average molecular weight is 284 g/mol. The number of hydrogen-bond acceptors (Lipinski definition) is 2. The Morgan fingerprint density at radius 3 is 2.71 bits per heavy atom. The maximum atomic E-state index is 14.0. The summed E-state index contributed by atoms with van der Waals surface area (Å²) in [5.41, 5.74) is 2.52. The maximum Gasteiger partial charge on any atom is 0.151 e. The first-order valence-electron chi connectivity index (χ1n) is 7.07. The summed E-state index contributed by atoms with van der Waals surface area (Å²) in [6.07, 6.45) is 0.904. The quantitative estimate of drug-likeness (QED) is 0.780. The fourth-order valence-corrected chi connectivity index (χ4v) is 2.61. The van der Waals surface area contributed by atoms with Gasteiger partial charge in [-0.3, -0.25) is 0 Å². The van der Waals surface area contributed by atoms with Gasteiger partial charge in [-0.05, 0) is 37.1 Å². The molecule has 0 atom stereocenters. The third kappa shape index (κ3) is 2.17. The van der Waals surface area contributed by atoms with Crippen molar-refractivity contribution in [3.05, 3.63) is 47.8 Å². The Balaban J connectivity index is 2.33. The van der Waals surface area contributed by atoms with Crippen LogP contribution in [0.3, 0.4) is 0 Å². The average Bonchev–Trinajstić information content (AvgIpc) is 2.83. The second-order valence-corrected chi connectivity index (χ2v) is 5.17. The zero-order valence-corrected chi connectivity index (χ0v) is 12.1. The van der Waals surface area contributed by atoms with Crippen molar-refractivity contribution >= 4 is 11.0 Å². The van der Waals surface area contributed by atoms with Crippen molar-refractivity contribution in [1.29, 1.82) is 0 Å². The second-order valence-electron chi connectivity index (χ2n) is 5.17. The number of phenols is 1. The molecule has 0 aliphatic rings. The lowest BCUT2D eigenvalue weighted by Crippen LogP contribution is -2.00. The minimum Gasteiger partial charge on any atom is -0.507 e. The molecule has 1 aromatic heterocycles. The first-order valence-corrected chi connectivity index (χ1v) is 7.07. The van der Waals surface area contributed by atoms with E-state index in [1.54, 1.807) is 6.07 Å². The topological polar surface area (TPSA) is 38.0 Å². The summed E-state index contributed by atoms with van der Waals surface area (Å²) in [5, 5.41) is 10.3. The number of phenolic OH excluding ortho intramolecular Hbond substituents is 1. The number of imidazole rings is 1. The van der Waals surface area contributed by atoms with E-state index in [0.29, 0.717) is 16.9 Å². The van der Waals surface area contributed by atoms with Crippen molar-refractivity contribution in [2.45, 2.75) is 26.8 Å². The van der Waals surface area contributed by atoms with Gasteiger partial charge in [0.1, 0.15) is 17.1 Å². The van der Waals surface area contributed by atoms with Gasteiger partial charge in [0.2, 0.25) is 0 Å². The SMILES string of the molecule is CCCn1c(-c2cccc(C)c2O)nc2c(F)cccc21. The maximum absolute atomic E-state index is 14.0. The van der Waals surface area contributed by atoms with E-state index in [4.69, 9.17) is 0 Å². The highest BCUT2D eigenvalue weighted by molar-refractivity contribution is 5.82. The molecule has 2 aromatic carbocycles. The van der Waals surface area contributed by atoms with Crippen molar-refractivity contribution in [2.24, 2.45) is 0 Å². The van der Waals surface area contributed by atoms with Gasteiger partial charge in [0.05, 0.1) is 11.1 Å². The number of aryl methyl sites for hydroxylation is 2. The molecule has 0 aliphatic carbocycles. The van der Waals surface area contributed by atoms with Crippen molar-refractivity contribution in [3.63, 3.8) is 0 Å². The lowest BCUT2D eigenvalue weighted by molar-refractivity contribution is 0.472. The Labute approximate surface area is 122 Å². The summed E-state index contributed by atoms with van der Waals surface area (Å²) in [5.74, 6) is 0.472. The summed E-state index contributed by atoms with van der Waals surface area (Å²) in [7, 11) is 0.